The highest BCUT2D eigenvalue weighted by Gasteiger charge is 2.34. The first kappa shape index (κ1) is 14.3. The minimum atomic E-state index is -0.413. The van der Waals surface area contributed by atoms with Gasteiger partial charge in [-0.15, -0.1) is 0 Å². The van der Waals surface area contributed by atoms with E-state index in [1.165, 1.54) is 12.8 Å². The van der Waals surface area contributed by atoms with Gasteiger partial charge in [0.25, 0.3) is 0 Å². The lowest BCUT2D eigenvalue weighted by atomic mass is 10.1. The average molecular weight is 243 g/mol. The third-order valence-electron chi connectivity index (χ3n) is 2.60. The normalized spacial score (nSPS) is 16.8. The molecule has 1 fully saturated rings. The molecule has 1 aliphatic rings. The molecule has 1 rings (SSSR count). The number of nitrogens with zero attached hydrogens (tertiary/aromatic N) is 1. The van der Waals surface area contributed by atoms with E-state index in [4.69, 9.17) is 9.47 Å². The number of unbranched alkanes of at least 4 members (excludes halogenated alkanes) is 2. The first-order chi connectivity index (χ1) is 7.92. The fourth-order valence-corrected chi connectivity index (χ4v) is 1.62. The Labute approximate surface area is 104 Å². The second kappa shape index (κ2) is 6.24. The zero-order valence-electron chi connectivity index (χ0n) is 11.5. The molecule has 0 spiro atoms. The van der Waals surface area contributed by atoms with Crippen molar-refractivity contribution < 1.29 is 14.3 Å². The van der Waals surface area contributed by atoms with Crippen molar-refractivity contribution in [3.8, 4) is 0 Å². The average Bonchev–Trinajstić information content (AvgIpc) is 2.11. The molecular weight excluding hydrogens is 218 g/mol. The number of hydrogen-bond donors (Lipinski definition) is 0. The summed E-state index contributed by atoms with van der Waals surface area (Å²) >= 11 is 0. The molecule has 100 valence electrons. The summed E-state index contributed by atoms with van der Waals surface area (Å²) in [6.45, 7) is 9.95. The number of rotatable bonds is 5. The van der Waals surface area contributed by atoms with Crippen LogP contribution in [0.25, 0.3) is 0 Å². The fourth-order valence-electron chi connectivity index (χ4n) is 1.62. The summed E-state index contributed by atoms with van der Waals surface area (Å²) in [4.78, 5) is 13.3. The second-order valence-electron chi connectivity index (χ2n) is 5.59. The highest BCUT2D eigenvalue weighted by Crippen LogP contribution is 2.17. The monoisotopic (exact) mass is 243 g/mol. The molecule has 1 heterocycles. The molecule has 0 aliphatic carbocycles. The fraction of sp³-hybridized carbons (Fsp3) is 0.923. The van der Waals surface area contributed by atoms with E-state index in [0.29, 0.717) is 13.1 Å². The van der Waals surface area contributed by atoms with Crippen LogP contribution in [0.3, 0.4) is 0 Å². The van der Waals surface area contributed by atoms with Crippen molar-refractivity contribution in [2.45, 2.75) is 58.7 Å². The van der Waals surface area contributed by atoms with Crippen LogP contribution in [-0.4, -0.2) is 42.4 Å². The van der Waals surface area contributed by atoms with Crippen LogP contribution < -0.4 is 0 Å². The second-order valence-corrected chi connectivity index (χ2v) is 5.59. The van der Waals surface area contributed by atoms with E-state index in [1.807, 2.05) is 20.8 Å². The Balaban J connectivity index is 2.08. The number of carbonyl (C=O) groups excluding carboxylic acids is 1. The molecule has 0 bridgehead atoms. The summed E-state index contributed by atoms with van der Waals surface area (Å²) in [6.07, 6.45) is 3.50. The van der Waals surface area contributed by atoms with E-state index in [-0.39, 0.29) is 12.2 Å². The van der Waals surface area contributed by atoms with Gasteiger partial charge in [-0.2, -0.15) is 0 Å². The Bertz CT molecular complexity index is 242. The molecule has 4 heteroatoms. The molecule has 0 radical (unpaired) electrons. The molecule has 1 saturated heterocycles. The minimum absolute atomic E-state index is 0.208. The SMILES string of the molecule is CCCCCOC1CN(C(=O)OC(C)(C)C)C1. The Kier molecular flexibility index (Phi) is 5.25. The first-order valence-corrected chi connectivity index (χ1v) is 6.52. The topological polar surface area (TPSA) is 38.8 Å². The lowest BCUT2D eigenvalue weighted by Crippen LogP contribution is -2.55. The maximum atomic E-state index is 11.6. The lowest BCUT2D eigenvalue weighted by molar-refractivity contribution is -0.0636. The minimum Gasteiger partial charge on any atom is -0.444 e. The van der Waals surface area contributed by atoms with Gasteiger partial charge in [-0.25, -0.2) is 4.79 Å². The summed E-state index contributed by atoms with van der Waals surface area (Å²) < 4.78 is 10.9. The van der Waals surface area contributed by atoms with Gasteiger partial charge in [0.05, 0.1) is 19.2 Å². The lowest BCUT2D eigenvalue weighted by Gasteiger charge is -2.39. The van der Waals surface area contributed by atoms with Crippen LogP contribution in [-0.2, 0) is 9.47 Å². The van der Waals surface area contributed by atoms with Crippen molar-refractivity contribution in [2.75, 3.05) is 19.7 Å². The largest absolute Gasteiger partial charge is 0.444 e. The van der Waals surface area contributed by atoms with Crippen LogP contribution in [0.4, 0.5) is 4.79 Å². The van der Waals surface area contributed by atoms with Crippen molar-refractivity contribution in [1.29, 1.82) is 0 Å². The maximum Gasteiger partial charge on any atom is 0.410 e. The zero-order valence-corrected chi connectivity index (χ0v) is 11.5. The summed E-state index contributed by atoms with van der Waals surface area (Å²) in [5.74, 6) is 0. The van der Waals surface area contributed by atoms with Gasteiger partial charge in [-0.1, -0.05) is 19.8 Å². The number of hydrogen-bond acceptors (Lipinski definition) is 3. The number of carbonyl (C=O) groups is 1. The van der Waals surface area contributed by atoms with Gasteiger partial charge < -0.3 is 14.4 Å². The van der Waals surface area contributed by atoms with E-state index in [0.717, 1.165) is 13.0 Å². The summed E-state index contributed by atoms with van der Waals surface area (Å²) in [5, 5.41) is 0. The number of likely N-dealkylation sites (tertiary alicyclic amines) is 1. The van der Waals surface area contributed by atoms with Crippen LogP contribution in [0.2, 0.25) is 0 Å². The van der Waals surface area contributed by atoms with Crippen molar-refractivity contribution >= 4 is 6.09 Å². The number of amides is 1. The van der Waals surface area contributed by atoms with Crippen LogP contribution in [0, 0.1) is 0 Å². The Hall–Kier alpha value is -0.770. The van der Waals surface area contributed by atoms with E-state index in [9.17, 15) is 4.79 Å². The molecular formula is C13H25NO3. The van der Waals surface area contributed by atoms with Gasteiger partial charge in [0.1, 0.15) is 5.60 Å². The van der Waals surface area contributed by atoms with Gasteiger partial charge in [0.15, 0.2) is 0 Å². The highest BCUT2D eigenvalue weighted by molar-refractivity contribution is 5.69. The molecule has 0 N–H and O–H groups in total. The summed E-state index contributed by atoms with van der Waals surface area (Å²) in [6, 6.07) is 0. The van der Waals surface area contributed by atoms with Crippen molar-refractivity contribution in [3.05, 3.63) is 0 Å². The van der Waals surface area contributed by atoms with E-state index in [2.05, 4.69) is 6.92 Å². The molecule has 0 saturated carbocycles. The van der Waals surface area contributed by atoms with Crippen molar-refractivity contribution in [3.63, 3.8) is 0 Å². The first-order valence-electron chi connectivity index (χ1n) is 6.52. The van der Waals surface area contributed by atoms with Crippen molar-refractivity contribution in [2.24, 2.45) is 0 Å². The Morgan fingerprint density at radius 2 is 1.94 bits per heavy atom. The van der Waals surface area contributed by atoms with Crippen LogP contribution in [0.15, 0.2) is 0 Å². The number of ether oxygens (including phenoxy) is 2. The van der Waals surface area contributed by atoms with Crippen LogP contribution in [0.1, 0.15) is 47.0 Å². The highest BCUT2D eigenvalue weighted by atomic mass is 16.6. The summed E-state index contributed by atoms with van der Waals surface area (Å²) in [5.41, 5.74) is -0.413. The van der Waals surface area contributed by atoms with Gasteiger partial charge >= 0.3 is 6.09 Å². The van der Waals surface area contributed by atoms with Crippen LogP contribution in [0.5, 0.6) is 0 Å². The van der Waals surface area contributed by atoms with E-state index in [1.54, 1.807) is 4.90 Å². The molecule has 0 atom stereocenters. The van der Waals surface area contributed by atoms with Gasteiger partial charge in [-0.05, 0) is 27.2 Å². The standard InChI is InChI=1S/C13H25NO3/c1-5-6-7-8-16-11-9-14(10-11)12(15)17-13(2,3)4/h11H,5-10H2,1-4H3. The van der Waals surface area contributed by atoms with Gasteiger partial charge in [-0.3, -0.25) is 0 Å². The van der Waals surface area contributed by atoms with E-state index < -0.39 is 5.60 Å². The molecule has 1 aliphatic heterocycles. The molecule has 0 aromatic carbocycles. The quantitative estimate of drug-likeness (QED) is 0.697. The molecule has 0 aromatic rings. The summed E-state index contributed by atoms with van der Waals surface area (Å²) in [7, 11) is 0. The smallest absolute Gasteiger partial charge is 0.410 e. The molecule has 4 nitrogen and oxygen atoms in total. The maximum absolute atomic E-state index is 11.6. The Morgan fingerprint density at radius 3 is 2.47 bits per heavy atom. The molecule has 0 aromatic heterocycles. The third-order valence-corrected chi connectivity index (χ3v) is 2.60. The molecule has 0 unspecified atom stereocenters. The van der Waals surface area contributed by atoms with Gasteiger partial charge in [0.2, 0.25) is 0 Å². The van der Waals surface area contributed by atoms with Crippen molar-refractivity contribution in [1.82, 2.24) is 4.90 Å². The molecule has 17 heavy (non-hydrogen) atoms. The predicted octanol–water partition coefficient (Wildman–Crippen LogP) is 2.81. The van der Waals surface area contributed by atoms with Crippen LogP contribution >= 0.6 is 0 Å². The third kappa shape index (κ3) is 5.39. The van der Waals surface area contributed by atoms with Gasteiger partial charge in [0, 0.05) is 6.61 Å². The molecule has 1 amide bonds. The Morgan fingerprint density at radius 1 is 1.29 bits per heavy atom. The predicted molar refractivity (Wildman–Crippen MR) is 67.1 cm³/mol. The van der Waals surface area contributed by atoms with E-state index >= 15 is 0 Å². The zero-order chi connectivity index (χ0) is 12.9.